The Bertz CT molecular complexity index is 921. The number of carbonyl (C=O) groups is 2. The summed E-state index contributed by atoms with van der Waals surface area (Å²) in [7, 11) is 2.08. The number of amides is 2. The molecule has 1 aromatic carbocycles. The normalized spacial score (nSPS) is 22.2. The summed E-state index contributed by atoms with van der Waals surface area (Å²) in [6.07, 6.45) is 4.00. The fourth-order valence-corrected chi connectivity index (χ4v) is 5.31. The molecular formula is C24H34N4O2. The van der Waals surface area contributed by atoms with Gasteiger partial charge in [-0.05, 0) is 56.3 Å². The van der Waals surface area contributed by atoms with Crippen LogP contribution in [0.1, 0.15) is 45.2 Å². The molecule has 0 N–H and O–H groups in total. The highest BCUT2D eigenvalue weighted by molar-refractivity contribution is 5.88. The van der Waals surface area contributed by atoms with E-state index in [-0.39, 0.29) is 17.9 Å². The number of fused-ring (bicyclic) bond motifs is 1. The molecule has 0 spiro atoms. The van der Waals surface area contributed by atoms with Gasteiger partial charge >= 0.3 is 0 Å². The van der Waals surface area contributed by atoms with E-state index in [0.717, 1.165) is 44.6 Å². The average Bonchev–Trinajstić information content (AvgIpc) is 3.46. The molecule has 2 atom stereocenters. The summed E-state index contributed by atoms with van der Waals surface area (Å²) in [5.41, 5.74) is 2.32. The molecule has 0 unspecified atom stereocenters. The van der Waals surface area contributed by atoms with Gasteiger partial charge in [0.2, 0.25) is 11.8 Å². The molecule has 3 heterocycles. The van der Waals surface area contributed by atoms with Gasteiger partial charge in [-0.25, -0.2) is 0 Å². The largest absolute Gasteiger partial charge is 0.346 e. The maximum atomic E-state index is 13.7. The van der Waals surface area contributed by atoms with Crippen LogP contribution in [0, 0.1) is 0 Å². The van der Waals surface area contributed by atoms with Gasteiger partial charge in [0.1, 0.15) is 6.04 Å². The number of aryl methyl sites for hydroxylation is 1. The summed E-state index contributed by atoms with van der Waals surface area (Å²) in [5, 5.41) is 1.20. The second-order valence-electron chi connectivity index (χ2n) is 8.77. The molecule has 1 aromatic heterocycles. The Labute approximate surface area is 179 Å². The van der Waals surface area contributed by atoms with Crippen molar-refractivity contribution in [3.63, 3.8) is 0 Å². The van der Waals surface area contributed by atoms with Gasteiger partial charge in [-0.15, -0.1) is 0 Å². The molecule has 2 aliphatic heterocycles. The Morgan fingerprint density at radius 1 is 1.13 bits per heavy atom. The standard InChI is InChI=1S/C24H34N4O2/c1-4-26-13-7-10-20(26)16-27(24(30)23-12-8-14-28(23)18(2)29)17-21-15-19-9-5-6-11-22(19)25(21)3/h5-6,9,11,15,20,23H,4,7-8,10,12-14,16-17H2,1-3H3/t20-,23-/m0/s1. The zero-order chi connectivity index (χ0) is 21.3. The lowest BCUT2D eigenvalue weighted by molar-refractivity contribution is -0.143. The van der Waals surface area contributed by atoms with Crippen LogP contribution in [0.4, 0.5) is 0 Å². The number of likely N-dealkylation sites (tertiary alicyclic amines) is 2. The summed E-state index contributed by atoms with van der Waals surface area (Å²) in [6.45, 7) is 7.91. The first-order valence-corrected chi connectivity index (χ1v) is 11.3. The highest BCUT2D eigenvalue weighted by atomic mass is 16.2. The van der Waals surface area contributed by atoms with Gasteiger partial charge in [0, 0.05) is 44.3 Å². The smallest absolute Gasteiger partial charge is 0.245 e. The van der Waals surface area contributed by atoms with Crippen LogP contribution in [0.3, 0.4) is 0 Å². The van der Waals surface area contributed by atoms with Crippen molar-refractivity contribution in [1.29, 1.82) is 0 Å². The number of hydrogen-bond acceptors (Lipinski definition) is 3. The summed E-state index contributed by atoms with van der Waals surface area (Å²) >= 11 is 0. The molecule has 4 rings (SSSR count). The monoisotopic (exact) mass is 410 g/mol. The van der Waals surface area contributed by atoms with Crippen LogP contribution in [0.2, 0.25) is 0 Å². The van der Waals surface area contributed by atoms with Crippen molar-refractivity contribution in [2.24, 2.45) is 7.05 Å². The van der Waals surface area contributed by atoms with E-state index in [9.17, 15) is 9.59 Å². The minimum atomic E-state index is -0.311. The SMILES string of the molecule is CCN1CCC[C@H]1CN(Cc1cc2ccccc2n1C)C(=O)[C@@H]1CCCN1C(C)=O. The Balaban J connectivity index is 1.61. The summed E-state index contributed by atoms with van der Waals surface area (Å²) in [6, 6.07) is 10.6. The van der Waals surface area contributed by atoms with Crippen LogP contribution < -0.4 is 0 Å². The maximum absolute atomic E-state index is 13.7. The molecule has 6 nitrogen and oxygen atoms in total. The zero-order valence-corrected chi connectivity index (χ0v) is 18.5. The number of rotatable bonds is 6. The van der Waals surface area contributed by atoms with E-state index in [1.165, 1.54) is 17.3 Å². The van der Waals surface area contributed by atoms with Crippen molar-refractivity contribution in [3.8, 4) is 0 Å². The molecule has 30 heavy (non-hydrogen) atoms. The van der Waals surface area contributed by atoms with Crippen LogP contribution in [0.25, 0.3) is 10.9 Å². The molecule has 2 fully saturated rings. The third-order valence-corrected chi connectivity index (χ3v) is 6.99. The summed E-state index contributed by atoms with van der Waals surface area (Å²) in [4.78, 5) is 32.1. The van der Waals surface area contributed by atoms with E-state index in [1.54, 1.807) is 11.8 Å². The van der Waals surface area contributed by atoms with Crippen molar-refractivity contribution in [2.75, 3.05) is 26.2 Å². The van der Waals surface area contributed by atoms with Gasteiger partial charge in [-0.1, -0.05) is 25.1 Å². The van der Waals surface area contributed by atoms with Gasteiger partial charge in [0.15, 0.2) is 0 Å². The minimum absolute atomic E-state index is 0.00598. The van der Waals surface area contributed by atoms with Crippen LogP contribution >= 0.6 is 0 Å². The van der Waals surface area contributed by atoms with Crippen molar-refractivity contribution < 1.29 is 9.59 Å². The minimum Gasteiger partial charge on any atom is -0.346 e. The second kappa shape index (κ2) is 8.80. The fraction of sp³-hybridized carbons (Fsp3) is 0.583. The molecule has 6 heteroatoms. The Morgan fingerprint density at radius 3 is 2.63 bits per heavy atom. The molecule has 162 valence electrons. The maximum Gasteiger partial charge on any atom is 0.245 e. The van der Waals surface area contributed by atoms with Gasteiger partial charge in [0.25, 0.3) is 0 Å². The Kier molecular flexibility index (Phi) is 6.14. The molecule has 0 bridgehead atoms. The third-order valence-electron chi connectivity index (χ3n) is 6.99. The predicted octanol–water partition coefficient (Wildman–Crippen LogP) is 3.00. The van der Waals surface area contributed by atoms with Crippen LogP contribution in [0.5, 0.6) is 0 Å². The lowest BCUT2D eigenvalue weighted by Crippen LogP contribution is -2.50. The summed E-state index contributed by atoms with van der Waals surface area (Å²) in [5.74, 6) is 0.113. The Hall–Kier alpha value is -2.34. The molecular weight excluding hydrogens is 376 g/mol. The highest BCUT2D eigenvalue weighted by Gasteiger charge is 2.37. The van der Waals surface area contributed by atoms with Crippen molar-refractivity contribution in [2.45, 2.75) is 58.2 Å². The molecule has 2 aliphatic rings. The van der Waals surface area contributed by atoms with E-state index in [4.69, 9.17) is 0 Å². The zero-order valence-electron chi connectivity index (χ0n) is 18.5. The van der Waals surface area contributed by atoms with Crippen LogP contribution in [0.15, 0.2) is 30.3 Å². The number of hydrogen-bond donors (Lipinski definition) is 0. The molecule has 0 saturated carbocycles. The van der Waals surface area contributed by atoms with E-state index in [1.807, 2.05) is 4.90 Å². The lowest BCUT2D eigenvalue weighted by Gasteiger charge is -2.34. The van der Waals surface area contributed by atoms with Gasteiger partial charge in [-0.2, -0.15) is 0 Å². The topological polar surface area (TPSA) is 48.8 Å². The molecule has 2 amide bonds. The van der Waals surface area contributed by atoms with Gasteiger partial charge in [0.05, 0.1) is 6.54 Å². The molecule has 2 aromatic rings. The van der Waals surface area contributed by atoms with Gasteiger partial charge < -0.3 is 14.4 Å². The van der Waals surface area contributed by atoms with Crippen LogP contribution in [-0.2, 0) is 23.2 Å². The van der Waals surface area contributed by atoms with E-state index in [2.05, 4.69) is 53.8 Å². The summed E-state index contributed by atoms with van der Waals surface area (Å²) < 4.78 is 2.19. The molecule has 2 saturated heterocycles. The quantitative estimate of drug-likeness (QED) is 0.736. The van der Waals surface area contributed by atoms with Gasteiger partial charge in [-0.3, -0.25) is 14.5 Å². The molecule has 0 aliphatic carbocycles. The number of likely N-dealkylation sites (N-methyl/N-ethyl adjacent to an activating group) is 1. The molecule has 0 radical (unpaired) electrons. The first-order chi connectivity index (χ1) is 14.5. The lowest BCUT2D eigenvalue weighted by atomic mass is 10.1. The van der Waals surface area contributed by atoms with Crippen LogP contribution in [-0.4, -0.2) is 69.3 Å². The van der Waals surface area contributed by atoms with E-state index >= 15 is 0 Å². The van der Waals surface area contributed by atoms with Crippen molar-refractivity contribution >= 4 is 22.7 Å². The van der Waals surface area contributed by atoms with Crippen molar-refractivity contribution in [1.82, 2.24) is 19.3 Å². The predicted molar refractivity (Wildman–Crippen MR) is 119 cm³/mol. The number of nitrogens with zero attached hydrogens (tertiary/aromatic N) is 4. The second-order valence-corrected chi connectivity index (χ2v) is 8.77. The van der Waals surface area contributed by atoms with Crippen molar-refractivity contribution in [3.05, 3.63) is 36.0 Å². The number of aromatic nitrogens is 1. The number of benzene rings is 1. The Morgan fingerprint density at radius 2 is 1.90 bits per heavy atom. The van der Waals surface area contributed by atoms with E-state index in [0.29, 0.717) is 19.1 Å². The van der Waals surface area contributed by atoms with E-state index < -0.39 is 0 Å². The average molecular weight is 411 g/mol. The highest BCUT2D eigenvalue weighted by Crippen LogP contribution is 2.25. The first kappa shape index (κ1) is 20.9. The first-order valence-electron chi connectivity index (χ1n) is 11.3. The number of carbonyl (C=O) groups excluding carboxylic acids is 2. The number of para-hydroxylation sites is 1. The third kappa shape index (κ3) is 3.97. The fourth-order valence-electron chi connectivity index (χ4n) is 5.31.